The molecule has 20 heteroatoms. The number of carbonyl (C=O) groups is 6. The Labute approximate surface area is 334 Å². The van der Waals surface area contributed by atoms with Gasteiger partial charge in [0.05, 0.1) is 12.1 Å². The molecule has 9 rings (SSSR count). The molecule has 5 saturated heterocycles. The first-order chi connectivity index (χ1) is 27.4. The van der Waals surface area contributed by atoms with Crippen LogP contribution >= 0.6 is 21.6 Å². The number of benzene rings is 2. The third-order valence-electron chi connectivity index (χ3n) is 12.4. The Morgan fingerprint density at radius 3 is 1.28 bits per heavy atom. The second-order valence-corrected chi connectivity index (χ2v) is 17.8. The van der Waals surface area contributed by atoms with Crippen LogP contribution in [0.1, 0.15) is 49.7 Å². The summed E-state index contributed by atoms with van der Waals surface area (Å²) in [6.07, 6.45) is -15.4. The molecule has 7 fully saturated rings. The zero-order chi connectivity index (χ0) is 41.8. The minimum Gasteiger partial charge on any atom is -0.457 e. The maximum absolute atomic E-state index is 15.0. The monoisotopic (exact) mass is 856 g/mol. The molecule has 12 nitrogen and oxygen atoms in total. The first kappa shape index (κ1) is 40.6. The fourth-order valence-electron chi connectivity index (χ4n) is 9.80. The summed E-state index contributed by atoms with van der Waals surface area (Å²) in [5.74, 6) is -8.47. The molecule has 2 amide bonds. The Hall–Kier alpha value is -4.14. The number of hydrogen-bond donors (Lipinski definition) is 0. The van der Waals surface area contributed by atoms with Crippen LogP contribution in [0, 0.1) is 11.8 Å². The van der Waals surface area contributed by atoms with Gasteiger partial charge in [-0.3, -0.25) is 19.2 Å². The molecule has 2 saturated carbocycles. The molecule has 58 heavy (non-hydrogen) atoms. The van der Waals surface area contributed by atoms with E-state index in [1.54, 1.807) is 0 Å². The van der Waals surface area contributed by atoms with Crippen molar-refractivity contribution in [1.82, 2.24) is 9.80 Å². The number of piperazine rings is 1. The molecule has 2 spiro atoms. The minimum atomic E-state index is -5.33. The molecule has 2 aromatic rings. The number of nitrogens with zero attached hydrogens (tertiary/aromatic N) is 2. The lowest BCUT2D eigenvalue weighted by Gasteiger charge is -2.59. The molecule has 10 atom stereocenters. The molecule has 0 unspecified atom stereocenters. The Morgan fingerprint density at radius 2 is 0.966 bits per heavy atom. The number of esters is 2. The van der Waals surface area contributed by atoms with E-state index in [1.165, 1.54) is 36.4 Å². The molecule has 0 aromatic heterocycles. The highest BCUT2D eigenvalue weighted by Crippen LogP contribution is 2.70. The molecule has 310 valence electrons. The molecule has 5 aliphatic heterocycles. The Morgan fingerprint density at radius 1 is 0.621 bits per heavy atom. The van der Waals surface area contributed by atoms with E-state index in [0.29, 0.717) is 14.2 Å². The van der Waals surface area contributed by atoms with Gasteiger partial charge in [-0.25, -0.2) is 9.59 Å². The smallest absolute Gasteiger partial charge is 0.432 e. The van der Waals surface area contributed by atoms with Crippen molar-refractivity contribution in [2.45, 2.75) is 96.1 Å². The number of ether oxygens (including phenoxy) is 4. The first-order valence-electron chi connectivity index (χ1n) is 18.2. The predicted molar refractivity (Wildman–Crippen MR) is 189 cm³/mol. The van der Waals surface area contributed by atoms with Gasteiger partial charge < -0.3 is 28.7 Å². The lowest BCUT2D eigenvalue weighted by atomic mass is 9.80. The Balaban J connectivity index is 1.14. The normalized spacial score (nSPS) is 33.7. The molecular formula is C38H34F6N2O10S2. The number of Topliss-reactive ketones (excluding diaryl/α,β-unsaturated/α-hetero) is 2. The standard InChI is InChI=1S/C38H34F6N2O10S2/c1-53-35(37(39,40)41,19-9-5-3-6-10-19)31(51)55-25-15-13-23(47)21-17-33-30(50)46-28-22(18-34(46,58-57-33)29(49)45(33)27(21)25)24(48)14-16-26(28)56-32(52)36(54-2,38(42,43)44)20-11-7-4-8-12-20/h3-12,21-22,25-28H,13-18H2,1-2H3/t21-,22-,25+,26+,27-,28-,33-,34-,35-,36-/m1/s1. The van der Waals surface area contributed by atoms with Crippen LogP contribution in [0.15, 0.2) is 60.7 Å². The van der Waals surface area contributed by atoms with Crippen LogP contribution in [-0.4, -0.2) is 106 Å². The van der Waals surface area contributed by atoms with Crippen LogP contribution < -0.4 is 0 Å². The van der Waals surface area contributed by atoms with Crippen molar-refractivity contribution >= 4 is 56.9 Å². The van der Waals surface area contributed by atoms with E-state index in [2.05, 4.69) is 0 Å². The number of alkyl halides is 6. The van der Waals surface area contributed by atoms with Crippen LogP contribution in [-0.2, 0) is 58.9 Å². The number of amides is 2. The lowest BCUT2D eigenvalue weighted by Crippen LogP contribution is -2.77. The van der Waals surface area contributed by atoms with E-state index in [-0.39, 0.29) is 38.5 Å². The minimum absolute atomic E-state index is 0.255. The molecule has 7 aliphatic rings. The second kappa shape index (κ2) is 13.7. The third kappa shape index (κ3) is 5.32. The molecule has 2 aliphatic carbocycles. The highest BCUT2D eigenvalue weighted by atomic mass is 33.1. The van der Waals surface area contributed by atoms with Crippen LogP contribution in [0.5, 0.6) is 0 Å². The summed E-state index contributed by atoms with van der Waals surface area (Å²) in [7, 11) is 3.24. The molecule has 2 aromatic carbocycles. The topological polar surface area (TPSA) is 146 Å². The predicted octanol–water partition coefficient (Wildman–Crippen LogP) is 4.98. The zero-order valence-corrected chi connectivity index (χ0v) is 32.2. The van der Waals surface area contributed by atoms with Gasteiger partial charge in [0, 0.05) is 62.9 Å². The maximum atomic E-state index is 15.0. The van der Waals surface area contributed by atoms with Crippen molar-refractivity contribution in [1.29, 1.82) is 0 Å². The number of rotatable bonds is 8. The van der Waals surface area contributed by atoms with Gasteiger partial charge in [-0.1, -0.05) is 82.3 Å². The second-order valence-electron chi connectivity index (χ2n) is 15.1. The summed E-state index contributed by atoms with van der Waals surface area (Å²) in [6, 6.07) is 9.34. The van der Waals surface area contributed by atoms with E-state index in [4.69, 9.17) is 18.9 Å². The van der Waals surface area contributed by atoms with Crippen molar-refractivity contribution < 1.29 is 74.1 Å². The summed E-state index contributed by atoms with van der Waals surface area (Å²) < 4.78 is 110. The van der Waals surface area contributed by atoms with Crippen LogP contribution in [0.3, 0.4) is 0 Å². The Kier molecular flexibility index (Phi) is 9.60. The van der Waals surface area contributed by atoms with Crippen molar-refractivity contribution in [2.75, 3.05) is 14.2 Å². The number of ketones is 2. The number of halogens is 6. The van der Waals surface area contributed by atoms with E-state index in [0.717, 1.165) is 55.7 Å². The van der Waals surface area contributed by atoms with Gasteiger partial charge in [0.25, 0.3) is 23.0 Å². The van der Waals surface area contributed by atoms with Gasteiger partial charge in [-0.15, -0.1) is 0 Å². The number of fused-ring (bicyclic) bond motifs is 3. The fraction of sp³-hybridized carbons (Fsp3) is 0.526. The number of carbonyl (C=O) groups excluding carboxylic acids is 6. The van der Waals surface area contributed by atoms with E-state index >= 15 is 0 Å². The summed E-state index contributed by atoms with van der Waals surface area (Å²) in [5.41, 5.74) is -8.35. The summed E-state index contributed by atoms with van der Waals surface area (Å²) in [4.78, 5) is 83.1. The van der Waals surface area contributed by atoms with E-state index in [9.17, 15) is 55.1 Å². The largest absolute Gasteiger partial charge is 0.457 e. The highest BCUT2D eigenvalue weighted by Gasteiger charge is 2.81. The van der Waals surface area contributed by atoms with Crippen LogP contribution in [0.4, 0.5) is 26.3 Å². The average Bonchev–Trinajstić information content (AvgIpc) is 3.74. The van der Waals surface area contributed by atoms with Crippen molar-refractivity contribution in [3.63, 3.8) is 0 Å². The maximum Gasteiger partial charge on any atom is 0.432 e. The van der Waals surface area contributed by atoms with Crippen molar-refractivity contribution in [3.8, 4) is 0 Å². The third-order valence-corrected chi connectivity index (χ3v) is 16.0. The van der Waals surface area contributed by atoms with Gasteiger partial charge >= 0.3 is 24.3 Å². The molecule has 0 N–H and O–H groups in total. The number of methoxy groups -OCH3 is 2. The average molecular weight is 857 g/mol. The highest BCUT2D eigenvalue weighted by molar-refractivity contribution is 8.78. The quantitative estimate of drug-likeness (QED) is 0.201. The fourth-order valence-corrected chi connectivity index (χ4v) is 13.6. The summed E-state index contributed by atoms with van der Waals surface area (Å²) in [5, 5.41) is 0. The molecule has 2 bridgehead atoms. The van der Waals surface area contributed by atoms with Gasteiger partial charge in [0.15, 0.2) is 9.74 Å². The zero-order valence-electron chi connectivity index (χ0n) is 30.5. The van der Waals surface area contributed by atoms with Gasteiger partial charge in [0.2, 0.25) is 0 Å². The molecule has 5 heterocycles. The van der Waals surface area contributed by atoms with E-state index in [1.807, 2.05) is 0 Å². The number of hydrogen-bond acceptors (Lipinski definition) is 12. The van der Waals surface area contributed by atoms with Gasteiger partial charge in [-0.2, -0.15) is 26.3 Å². The first-order valence-corrected chi connectivity index (χ1v) is 20.4. The van der Waals surface area contributed by atoms with E-state index < -0.39 is 116 Å². The summed E-state index contributed by atoms with van der Waals surface area (Å²) in [6.45, 7) is 0. The SMILES string of the molecule is CO[C@@](C(=O)O[C@H]1CCC(=O)[C@H]2C[C@@]34SS[C@]5(C[C@@H]6C(=O)CC[C@H](OC(=O)[C@](OC)(c7ccccc7)C(F)(F)F)[C@@H]6N5C3=O)C(=O)N4[C@@H]12)(c1ccccc1)C(F)(F)F. The molecular weight excluding hydrogens is 823 g/mol. The summed E-state index contributed by atoms with van der Waals surface area (Å²) >= 11 is 0. The van der Waals surface area contributed by atoms with Crippen LogP contribution in [0.25, 0.3) is 0 Å². The Bertz CT molecular complexity index is 1930. The van der Waals surface area contributed by atoms with Crippen molar-refractivity contribution in [3.05, 3.63) is 71.8 Å². The lowest BCUT2D eigenvalue weighted by molar-refractivity contribution is -0.280. The van der Waals surface area contributed by atoms with Crippen LogP contribution in [0.2, 0.25) is 0 Å². The van der Waals surface area contributed by atoms with Gasteiger partial charge in [-0.05, 0) is 12.8 Å². The molecule has 0 radical (unpaired) electrons. The van der Waals surface area contributed by atoms with Crippen molar-refractivity contribution in [2.24, 2.45) is 11.8 Å². The van der Waals surface area contributed by atoms with Gasteiger partial charge in [0.1, 0.15) is 23.8 Å².